The van der Waals surface area contributed by atoms with Crippen LogP contribution in [0.15, 0.2) is 40.9 Å². The van der Waals surface area contributed by atoms with Crippen LogP contribution in [-0.2, 0) is 27.8 Å². The zero-order chi connectivity index (χ0) is 28.9. The van der Waals surface area contributed by atoms with Crippen LogP contribution >= 0.6 is 0 Å². The van der Waals surface area contributed by atoms with E-state index in [0.29, 0.717) is 62.6 Å². The smallest absolute Gasteiger partial charge is 0.330 e. The molecule has 0 bridgehead atoms. The van der Waals surface area contributed by atoms with Gasteiger partial charge in [0.05, 0.1) is 17.6 Å². The van der Waals surface area contributed by atoms with E-state index in [1.807, 2.05) is 0 Å². The molecule has 0 spiro atoms. The van der Waals surface area contributed by atoms with E-state index in [1.54, 1.807) is 23.9 Å². The number of aromatic nitrogens is 2. The molecule has 3 heterocycles. The number of hydrogen-bond acceptors (Lipinski definition) is 6. The fourth-order valence-electron chi connectivity index (χ4n) is 6.04. The van der Waals surface area contributed by atoms with Crippen molar-refractivity contribution in [1.82, 2.24) is 14.5 Å². The Morgan fingerprint density at radius 1 is 1.12 bits per heavy atom. The summed E-state index contributed by atoms with van der Waals surface area (Å²) in [7, 11) is 1.79. The van der Waals surface area contributed by atoms with Gasteiger partial charge >= 0.3 is 11.9 Å². The Bertz CT molecular complexity index is 1640. The van der Waals surface area contributed by atoms with E-state index in [1.165, 1.54) is 29.2 Å². The number of halogens is 3. The molecule has 6 rings (SSSR count). The van der Waals surface area contributed by atoms with Crippen LogP contribution in [0, 0.1) is 17.6 Å². The number of hydrogen-bond donors (Lipinski definition) is 1. The maximum absolute atomic E-state index is 16.5. The summed E-state index contributed by atoms with van der Waals surface area (Å²) in [5.74, 6) is -6.24. The van der Waals surface area contributed by atoms with E-state index in [-0.39, 0.29) is 22.6 Å². The molecule has 1 saturated carbocycles. The first-order chi connectivity index (χ1) is 19.6. The highest BCUT2D eigenvalue weighted by Crippen LogP contribution is 2.36. The summed E-state index contributed by atoms with van der Waals surface area (Å²) in [6.07, 6.45) is 3.25. The normalized spacial score (nSPS) is 21.5. The van der Waals surface area contributed by atoms with Crippen molar-refractivity contribution in [3.05, 3.63) is 53.7 Å². The number of ketones is 1. The number of benzene rings is 2. The summed E-state index contributed by atoms with van der Waals surface area (Å²) in [6, 6.07) is 7.22. The standard InChI is InChI=1S/C30H30F3N3O5/c1-35-16-22(21-15-19(31)7-11-24(21)35)28-34-23-10-6-18(26(32)27(23)40-28)14-25(37)30(33,36-12-2-3-13-36)41-20-8-4-17(5-9-20)29(38)39/h6-7,10-11,15-17,20H,2-5,8-9,12-14H2,1H3,(H,38,39). The predicted octanol–water partition coefficient (Wildman–Crippen LogP) is 5.76. The van der Waals surface area contributed by atoms with Gasteiger partial charge in [-0.2, -0.15) is 4.39 Å². The molecule has 2 fully saturated rings. The summed E-state index contributed by atoms with van der Waals surface area (Å²) in [6.45, 7) is 0.649. The number of nitrogens with zero attached hydrogens (tertiary/aromatic N) is 3. The molecule has 2 aromatic heterocycles. The van der Waals surface area contributed by atoms with Gasteiger partial charge in [-0.15, -0.1) is 0 Å². The van der Waals surface area contributed by atoms with Crippen molar-refractivity contribution in [1.29, 1.82) is 0 Å². The molecule has 11 heteroatoms. The number of ether oxygens (including phenoxy) is 1. The molecular formula is C30H30F3N3O5. The van der Waals surface area contributed by atoms with Gasteiger partial charge in [0.15, 0.2) is 11.4 Å². The van der Waals surface area contributed by atoms with Crippen LogP contribution in [0.1, 0.15) is 44.1 Å². The summed E-state index contributed by atoms with van der Waals surface area (Å²) in [4.78, 5) is 30.5. The monoisotopic (exact) mass is 569 g/mol. The number of fused-ring (bicyclic) bond motifs is 2. The molecular weight excluding hydrogens is 539 g/mol. The van der Waals surface area contributed by atoms with Crippen molar-refractivity contribution in [2.45, 2.75) is 57.0 Å². The second-order valence-corrected chi connectivity index (χ2v) is 11.0. The quantitative estimate of drug-likeness (QED) is 0.270. The maximum atomic E-state index is 16.5. The highest BCUT2D eigenvalue weighted by atomic mass is 19.2. The number of aryl methyl sites for hydroxylation is 1. The van der Waals surface area contributed by atoms with E-state index in [4.69, 9.17) is 9.15 Å². The van der Waals surface area contributed by atoms with Crippen LogP contribution in [-0.4, -0.2) is 56.5 Å². The average Bonchev–Trinajstić information content (AvgIpc) is 3.70. The Morgan fingerprint density at radius 2 is 1.85 bits per heavy atom. The molecule has 8 nitrogen and oxygen atoms in total. The molecule has 1 N–H and O–H groups in total. The summed E-state index contributed by atoms with van der Waals surface area (Å²) in [5, 5.41) is 9.82. The van der Waals surface area contributed by atoms with Gasteiger partial charge in [0.2, 0.25) is 11.7 Å². The molecule has 1 aliphatic heterocycles. The highest BCUT2D eigenvalue weighted by molar-refractivity contribution is 5.95. The molecule has 41 heavy (non-hydrogen) atoms. The second kappa shape index (κ2) is 10.6. The van der Waals surface area contributed by atoms with E-state index >= 15 is 8.78 Å². The highest BCUT2D eigenvalue weighted by Gasteiger charge is 2.49. The van der Waals surface area contributed by atoms with Crippen molar-refractivity contribution in [2.24, 2.45) is 13.0 Å². The largest absolute Gasteiger partial charge is 0.481 e. The lowest BCUT2D eigenvalue weighted by Gasteiger charge is -2.37. The number of aliphatic carboxylic acids is 1. The van der Waals surface area contributed by atoms with Crippen molar-refractivity contribution < 1.29 is 37.0 Å². The number of Topliss-reactive ketones (excluding diaryl/α,β-unsaturated/α-hetero) is 1. The van der Waals surface area contributed by atoms with Gasteiger partial charge < -0.3 is 18.8 Å². The Labute approximate surface area is 233 Å². The molecule has 1 atom stereocenters. The van der Waals surface area contributed by atoms with Crippen LogP contribution in [0.4, 0.5) is 13.2 Å². The number of alkyl halides is 1. The average molecular weight is 570 g/mol. The Kier molecular flexibility index (Phi) is 7.11. The van der Waals surface area contributed by atoms with Gasteiger partial charge in [-0.1, -0.05) is 6.07 Å². The molecule has 4 aromatic rings. The molecule has 2 aromatic carbocycles. The fourth-order valence-corrected chi connectivity index (χ4v) is 6.04. The van der Waals surface area contributed by atoms with Crippen LogP contribution in [0.25, 0.3) is 33.5 Å². The van der Waals surface area contributed by atoms with Crippen LogP contribution in [0.2, 0.25) is 0 Å². The lowest BCUT2D eigenvalue weighted by atomic mass is 9.87. The SMILES string of the molecule is Cn1cc(-c2nc3ccc(CC(=O)C(F)(OC4CCC(C(=O)O)CC4)N4CCCC4)c(F)c3o2)c2cc(F)ccc21. The lowest BCUT2D eigenvalue weighted by molar-refractivity contribution is -0.252. The van der Waals surface area contributed by atoms with Crippen molar-refractivity contribution in [3.8, 4) is 11.5 Å². The lowest BCUT2D eigenvalue weighted by Crippen LogP contribution is -2.54. The zero-order valence-corrected chi connectivity index (χ0v) is 22.5. The summed E-state index contributed by atoms with van der Waals surface area (Å²) in [5.41, 5.74) is 1.19. The molecule has 1 unspecified atom stereocenters. The van der Waals surface area contributed by atoms with Crippen LogP contribution in [0.5, 0.6) is 0 Å². The van der Waals surface area contributed by atoms with Gasteiger partial charge in [-0.25, -0.2) is 18.7 Å². The van der Waals surface area contributed by atoms with Gasteiger partial charge in [0.1, 0.15) is 11.3 Å². The minimum absolute atomic E-state index is 0.0615. The van der Waals surface area contributed by atoms with Gasteiger partial charge in [0.25, 0.3) is 0 Å². The minimum atomic E-state index is -2.75. The van der Waals surface area contributed by atoms with Crippen LogP contribution < -0.4 is 0 Å². The third kappa shape index (κ3) is 5.01. The predicted molar refractivity (Wildman–Crippen MR) is 144 cm³/mol. The van der Waals surface area contributed by atoms with Gasteiger partial charge in [-0.3, -0.25) is 9.59 Å². The Morgan fingerprint density at radius 3 is 2.56 bits per heavy atom. The van der Waals surface area contributed by atoms with E-state index in [0.717, 1.165) is 5.52 Å². The Hall–Kier alpha value is -3.70. The van der Waals surface area contributed by atoms with Crippen molar-refractivity contribution in [3.63, 3.8) is 0 Å². The molecule has 216 valence electrons. The fraction of sp³-hybridized carbons (Fsp3) is 0.433. The first-order valence-corrected chi connectivity index (χ1v) is 13.8. The minimum Gasteiger partial charge on any atom is -0.481 e. The maximum Gasteiger partial charge on any atom is 0.330 e. The summed E-state index contributed by atoms with van der Waals surface area (Å²) < 4.78 is 59.6. The van der Waals surface area contributed by atoms with E-state index in [2.05, 4.69) is 4.98 Å². The molecule has 0 amide bonds. The zero-order valence-electron chi connectivity index (χ0n) is 22.5. The number of carbonyl (C=O) groups is 2. The first-order valence-electron chi connectivity index (χ1n) is 13.8. The Balaban J connectivity index is 1.27. The molecule has 1 saturated heterocycles. The van der Waals surface area contributed by atoms with Crippen molar-refractivity contribution >= 4 is 33.8 Å². The first kappa shape index (κ1) is 27.5. The molecule has 1 aliphatic carbocycles. The number of carboxylic acid groups (broad SMARTS) is 1. The third-order valence-corrected chi connectivity index (χ3v) is 8.31. The molecule has 2 aliphatic rings. The van der Waals surface area contributed by atoms with E-state index in [9.17, 15) is 19.1 Å². The number of carboxylic acids is 1. The summed E-state index contributed by atoms with van der Waals surface area (Å²) >= 11 is 0. The number of carbonyl (C=O) groups excluding carboxylic acids is 1. The second-order valence-electron chi connectivity index (χ2n) is 11.0. The van der Waals surface area contributed by atoms with E-state index < -0.39 is 47.8 Å². The number of rotatable bonds is 8. The number of oxazole rings is 1. The van der Waals surface area contributed by atoms with Crippen LogP contribution in [0.3, 0.4) is 0 Å². The topological polar surface area (TPSA) is 97.8 Å². The van der Waals surface area contributed by atoms with Gasteiger partial charge in [-0.05, 0) is 68.4 Å². The third-order valence-electron chi connectivity index (χ3n) is 8.31. The van der Waals surface area contributed by atoms with Crippen molar-refractivity contribution in [2.75, 3.05) is 13.1 Å². The number of likely N-dealkylation sites (tertiary alicyclic amines) is 1. The molecule has 0 radical (unpaired) electrons. The van der Waals surface area contributed by atoms with Gasteiger partial charge in [0, 0.05) is 43.7 Å².